The highest BCUT2D eigenvalue weighted by molar-refractivity contribution is 8.00. The number of fused-ring (bicyclic) bond motifs is 1. The van der Waals surface area contributed by atoms with Gasteiger partial charge in [0, 0.05) is 18.0 Å². The Morgan fingerprint density at radius 1 is 1.40 bits per heavy atom. The van der Waals surface area contributed by atoms with Gasteiger partial charge in [0.05, 0.1) is 11.4 Å². The Morgan fingerprint density at radius 3 is 3.00 bits per heavy atom. The third-order valence-corrected chi connectivity index (χ3v) is 3.40. The molecule has 1 N–H and O–H groups in total. The van der Waals surface area contributed by atoms with Gasteiger partial charge in [0.1, 0.15) is 0 Å². The molecule has 1 aromatic rings. The van der Waals surface area contributed by atoms with Crippen molar-refractivity contribution >= 4 is 23.4 Å². The van der Waals surface area contributed by atoms with Crippen molar-refractivity contribution in [1.29, 1.82) is 0 Å². The van der Waals surface area contributed by atoms with Crippen LogP contribution in [0.15, 0.2) is 29.2 Å². The first kappa shape index (κ1) is 10.5. The molecule has 0 saturated heterocycles. The molecule has 0 fully saturated rings. The van der Waals surface area contributed by atoms with E-state index in [1.807, 2.05) is 24.3 Å². The van der Waals surface area contributed by atoms with E-state index in [1.165, 1.54) is 0 Å². The molecular formula is C11H13NO2S. The van der Waals surface area contributed by atoms with Crippen molar-refractivity contribution < 1.29 is 9.90 Å². The maximum Gasteiger partial charge on any atom is 0.237 e. The van der Waals surface area contributed by atoms with Crippen LogP contribution in [0.1, 0.15) is 6.42 Å². The van der Waals surface area contributed by atoms with Crippen LogP contribution in [0.4, 0.5) is 5.69 Å². The van der Waals surface area contributed by atoms with Gasteiger partial charge in [-0.1, -0.05) is 12.1 Å². The predicted octanol–water partition coefficient (Wildman–Crippen LogP) is 1.51. The minimum absolute atomic E-state index is 0.124. The smallest absolute Gasteiger partial charge is 0.237 e. The normalized spacial score (nSPS) is 15.3. The molecule has 2 rings (SSSR count). The molecule has 1 amide bonds. The summed E-state index contributed by atoms with van der Waals surface area (Å²) in [6.07, 6.45) is 0.630. The number of carbonyl (C=O) groups is 1. The molecule has 1 aliphatic rings. The van der Waals surface area contributed by atoms with Crippen molar-refractivity contribution in [1.82, 2.24) is 0 Å². The molecule has 3 nitrogen and oxygen atoms in total. The van der Waals surface area contributed by atoms with Crippen molar-refractivity contribution in [3.63, 3.8) is 0 Å². The first-order valence-electron chi connectivity index (χ1n) is 4.96. The fourth-order valence-electron chi connectivity index (χ4n) is 1.63. The van der Waals surface area contributed by atoms with Gasteiger partial charge in [-0.3, -0.25) is 4.79 Å². The SMILES string of the molecule is O=C1CSc2ccccc2N1CCCO. The maximum absolute atomic E-state index is 11.7. The molecule has 80 valence electrons. The van der Waals surface area contributed by atoms with Crippen molar-refractivity contribution in [3.05, 3.63) is 24.3 Å². The van der Waals surface area contributed by atoms with Gasteiger partial charge >= 0.3 is 0 Å². The van der Waals surface area contributed by atoms with E-state index in [0.29, 0.717) is 18.7 Å². The molecule has 0 aliphatic carbocycles. The monoisotopic (exact) mass is 223 g/mol. The van der Waals surface area contributed by atoms with E-state index >= 15 is 0 Å². The van der Waals surface area contributed by atoms with E-state index in [4.69, 9.17) is 5.11 Å². The van der Waals surface area contributed by atoms with Crippen LogP contribution < -0.4 is 4.90 Å². The number of aliphatic hydroxyl groups is 1. The van der Waals surface area contributed by atoms with E-state index in [1.54, 1.807) is 16.7 Å². The Morgan fingerprint density at radius 2 is 2.20 bits per heavy atom. The van der Waals surface area contributed by atoms with E-state index in [2.05, 4.69) is 0 Å². The molecule has 1 aromatic carbocycles. The average Bonchev–Trinajstić information content (AvgIpc) is 2.28. The quantitative estimate of drug-likeness (QED) is 0.844. The second-order valence-corrected chi connectivity index (χ2v) is 4.40. The highest BCUT2D eigenvalue weighted by atomic mass is 32.2. The van der Waals surface area contributed by atoms with E-state index in [-0.39, 0.29) is 12.5 Å². The van der Waals surface area contributed by atoms with Crippen LogP contribution in [0.2, 0.25) is 0 Å². The third-order valence-electron chi connectivity index (χ3n) is 2.35. The highest BCUT2D eigenvalue weighted by Crippen LogP contribution is 2.34. The summed E-state index contributed by atoms with van der Waals surface area (Å²) in [7, 11) is 0. The van der Waals surface area contributed by atoms with Gasteiger partial charge < -0.3 is 10.0 Å². The van der Waals surface area contributed by atoms with Crippen LogP contribution in [0, 0.1) is 0 Å². The summed E-state index contributed by atoms with van der Waals surface area (Å²) in [6.45, 7) is 0.728. The van der Waals surface area contributed by atoms with Crippen LogP contribution in [0.3, 0.4) is 0 Å². The minimum Gasteiger partial charge on any atom is -0.396 e. The maximum atomic E-state index is 11.7. The summed E-state index contributed by atoms with van der Waals surface area (Å²) in [6, 6.07) is 7.89. The first-order valence-corrected chi connectivity index (χ1v) is 5.94. The summed E-state index contributed by atoms with van der Waals surface area (Å²) in [5, 5.41) is 8.79. The van der Waals surface area contributed by atoms with Crippen molar-refractivity contribution in [2.24, 2.45) is 0 Å². The van der Waals surface area contributed by atoms with Crippen molar-refractivity contribution in [2.45, 2.75) is 11.3 Å². The van der Waals surface area contributed by atoms with E-state index < -0.39 is 0 Å². The number of hydrogen-bond donors (Lipinski definition) is 1. The average molecular weight is 223 g/mol. The van der Waals surface area contributed by atoms with Gasteiger partial charge in [0.15, 0.2) is 0 Å². The minimum atomic E-state index is 0.124. The molecule has 4 heteroatoms. The molecule has 0 atom stereocenters. The number of rotatable bonds is 3. The van der Waals surface area contributed by atoms with E-state index in [0.717, 1.165) is 10.6 Å². The number of amides is 1. The standard InChI is InChI=1S/C11H13NO2S/c13-7-3-6-12-9-4-1-2-5-10(9)15-8-11(12)14/h1-2,4-5,13H,3,6-8H2. The Balaban J connectivity index is 2.25. The number of carbonyl (C=O) groups excluding carboxylic acids is 1. The molecule has 0 unspecified atom stereocenters. The molecule has 0 bridgehead atoms. The van der Waals surface area contributed by atoms with Crippen LogP contribution in [-0.4, -0.2) is 29.9 Å². The fourth-order valence-corrected chi connectivity index (χ4v) is 2.56. The molecule has 0 spiro atoms. The summed E-state index contributed by atoms with van der Waals surface area (Å²) in [4.78, 5) is 14.6. The highest BCUT2D eigenvalue weighted by Gasteiger charge is 2.23. The largest absolute Gasteiger partial charge is 0.396 e. The molecule has 0 aromatic heterocycles. The number of para-hydroxylation sites is 1. The number of anilines is 1. The summed E-state index contributed by atoms with van der Waals surface area (Å²) in [5.74, 6) is 0.634. The molecule has 0 radical (unpaired) electrons. The van der Waals surface area contributed by atoms with Gasteiger partial charge in [0.25, 0.3) is 0 Å². The predicted molar refractivity (Wildman–Crippen MR) is 61.2 cm³/mol. The molecular weight excluding hydrogens is 210 g/mol. The van der Waals surface area contributed by atoms with Crippen molar-refractivity contribution in [3.8, 4) is 0 Å². The van der Waals surface area contributed by atoms with Gasteiger partial charge in [0.2, 0.25) is 5.91 Å². The van der Waals surface area contributed by atoms with Gasteiger partial charge in [-0.2, -0.15) is 0 Å². The Bertz CT molecular complexity index is 367. The first-order chi connectivity index (χ1) is 7.33. The number of benzene rings is 1. The van der Waals surface area contributed by atoms with Crippen LogP contribution in [-0.2, 0) is 4.79 Å². The zero-order valence-electron chi connectivity index (χ0n) is 8.35. The summed E-state index contributed by atoms with van der Waals surface area (Å²) >= 11 is 1.58. The van der Waals surface area contributed by atoms with Crippen LogP contribution in [0.25, 0.3) is 0 Å². The van der Waals surface area contributed by atoms with Gasteiger partial charge in [-0.05, 0) is 18.6 Å². The summed E-state index contributed by atoms with van der Waals surface area (Å²) < 4.78 is 0. The van der Waals surface area contributed by atoms with Gasteiger partial charge in [-0.25, -0.2) is 0 Å². The second kappa shape index (κ2) is 4.68. The zero-order valence-corrected chi connectivity index (χ0v) is 9.17. The van der Waals surface area contributed by atoms with Crippen LogP contribution in [0.5, 0.6) is 0 Å². The topological polar surface area (TPSA) is 40.5 Å². The molecule has 0 saturated carbocycles. The number of thioether (sulfide) groups is 1. The lowest BCUT2D eigenvalue weighted by Crippen LogP contribution is -2.36. The lowest BCUT2D eigenvalue weighted by Gasteiger charge is -2.28. The number of nitrogens with zero attached hydrogens (tertiary/aromatic N) is 1. The third kappa shape index (κ3) is 2.16. The number of hydrogen-bond acceptors (Lipinski definition) is 3. The zero-order chi connectivity index (χ0) is 10.7. The molecule has 1 aliphatic heterocycles. The Kier molecular flexibility index (Phi) is 3.28. The fraction of sp³-hybridized carbons (Fsp3) is 0.364. The summed E-state index contributed by atoms with van der Waals surface area (Å²) in [5.41, 5.74) is 0.979. The van der Waals surface area contributed by atoms with Crippen LogP contribution >= 0.6 is 11.8 Å². The lowest BCUT2D eigenvalue weighted by molar-refractivity contribution is -0.116. The second-order valence-electron chi connectivity index (χ2n) is 3.38. The van der Waals surface area contributed by atoms with Crippen molar-refractivity contribution in [2.75, 3.05) is 23.8 Å². The molecule has 1 heterocycles. The Hall–Kier alpha value is -1.00. The number of aliphatic hydroxyl groups excluding tert-OH is 1. The van der Waals surface area contributed by atoms with Gasteiger partial charge in [-0.15, -0.1) is 11.8 Å². The lowest BCUT2D eigenvalue weighted by atomic mass is 10.2. The van der Waals surface area contributed by atoms with E-state index in [9.17, 15) is 4.79 Å². The molecule has 15 heavy (non-hydrogen) atoms. The Labute approximate surface area is 93.1 Å².